The summed E-state index contributed by atoms with van der Waals surface area (Å²) in [6.45, 7) is 4.72. The summed E-state index contributed by atoms with van der Waals surface area (Å²) in [6, 6.07) is 10.9. The average Bonchev–Trinajstić information content (AvgIpc) is 3.03. The number of carbonyl (C=O) groups excluding carboxylic acids is 1. The van der Waals surface area contributed by atoms with Crippen LogP contribution in [0, 0.1) is 11.8 Å². The van der Waals surface area contributed by atoms with E-state index in [0.717, 1.165) is 6.42 Å². The van der Waals surface area contributed by atoms with Crippen molar-refractivity contribution in [1.29, 1.82) is 0 Å². The van der Waals surface area contributed by atoms with Crippen LogP contribution in [-0.4, -0.2) is 36.3 Å². The third-order valence-electron chi connectivity index (χ3n) is 5.54. The van der Waals surface area contributed by atoms with Crippen LogP contribution in [0.2, 0.25) is 5.02 Å². The molecule has 8 nitrogen and oxygen atoms in total. The van der Waals surface area contributed by atoms with Crippen molar-refractivity contribution < 1.29 is 17.6 Å². The molecular formula is C22H24ClN3O5S. The van der Waals surface area contributed by atoms with Crippen LogP contribution in [0.15, 0.2) is 56.6 Å². The second-order valence-corrected chi connectivity index (χ2v) is 10.8. The fourth-order valence-electron chi connectivity index (χ4n) is 4.19. The van der Waals surface area contributed by atoms with E-state index in [4.69, 9.17) is 16.0 Å². The summed E-state index contributed by atoms with van der Waals surface area (Å²) < 4.78 is 34.2. The second-order valence-electron chi connectivity index (χ2n) is 8.41. The summed E-state index contributed by atoms with van der Waals surface area (Å²) in [7, 11) is -3.72. The van der Waals surface area contributed by atoms with Crippen LogP contribution in [0.25, 0.3) is 11.1 Å². The fourth-order valence-corrected chi connectivity index (χ4v) is 6.01. The maximum atomic E-state index is 13.1. The number of hydrogen-bond acceptors (Lipinski definition) is 5. The number of sulfonamides is 1. The monoisotopic (exact) mass is 477 g/mol. The number of anilines is 1. The summed E-state index contributed by atoms with van der Waals surface area (Å²) in [5, 5.41) is 3.23. The molecule has 10 heteroatoms. The van der Waals surface area contributed by atoms with Crippen LogP contribution >= 0.6 is 11.6 Å². The zero-order valence-electron chi connectivity index (χ0n) is 17.7. The van der Waals surface area contributed by atoms with Crippen molar-refractivity contribution in [2.24, 2.45) is 11.8 Å². The van der Waals surface area contributed by atoms with Gasteiger partial charge >= 0.3 is 5.76 Å². The summed E-state index contributed by atoms with van der Waals surface area (Å²) >= 11 is 5.84. The van der Waals surface area contributed by atoms with Crippen molar-refractivity contribution >= 4 is 44.3 Å². The first kappa shape index (κ1) is 22.6. The first-order chi connectivity index (χ1) is 15.1. The maximum Gasteiger partial charge on any atom is 0.420 e. The molecule has 1 fully saturated rings. The average molecular weight is 478 g/mol. The first-order valence-corrected chi connectivity index (χ1v) is 12.1. The number of fused-ring (bicyclic) bond motifs is 1. The van der Waals surface area contributed by atoms with E-state index in [1.807, 2.05) is 13.8 Å². The lowest BCUT2D eigenvalue weighted by Crippen LogP contribution is -2.42. The van der Waals surface area contributed by atoms with Gasteiger partial charge in [0.15, 0.2) is 5.58 Å². The first-order valence-electron chi connectivity index (χ1n) is 10.3. The normalized spacial score (nSPS) is 19.8. The summed E-state index contributed by atoms with van der Waals surface area (Å²) in [5.41, 5.74) is 1.01. The van der Waals surface area contributed by atoms with E-state index < -0.39 is 21.7 Å². The number of piperidine rings is 1. The smallest absolute Gasteiger partial charge is 0.408 e. The molecule has 4 rings (SSSR count). The Morgan fingerprint density at radius 2 is 1.78 bits per heavy atom. The molecule has 3 aromatic rings. The lowest BCUT2D eigenvalue weighted by Gasteiger charge is -2.34. The number of rotatable bonds is 5. The van der Waals surface area contributed by atoms with Gasteiger partial charge in [-0.3, -0.25) is 9.36 Å². The minimum Gasteiger partial charge on any atom is -0.408 e. The number of amides is 1. The summed E-state index contributed by atoms with van der Waals surface area (Å²) in [6.07, 6.45) is 0.987. The minimum absolute atomic E-state index is 0.0674. The molecule has 2 unspecified atom stereocenters. The minimum atomic E-state index is -3.72. The number of halogens is 1. The Balaban J connectivity index is 1.58. The van der Waals surface area contributed by atoms with E-state index >= 15 is 0 Å². The Hall–Kier alpha value is -2.62. The van der Waals surface area contributed by atoms with E-state index in [-0.39, 0.29) is 28.9 Å². The molecule has 0 aliphatic carbocycles. The number of carbonyl (C=O) groups is 1. The van der Waals surface area contributed by atoms with E-state index in [0.29, 0.717) is 29.3 Å². The van der Waals surface area contributed by atoms with Crippen LogP contribution in [0.4, 0.5) is 5.69 Å². The Labute approximate surface area is 190 Å². The quantitative estimate of drug-likeness (QED) is 0.605. The van der Waals surface area contributed by atoms with Gasteiger partial charge in [-0.1, -0.05) is 25.4 Å². The number of benzene rings is 2. The molecule has 170 valence electrons. The molecule has 0 bridgehead atoms. The topological polar surface area (TPSA) is 102 Å². The van der Waals surface area contributed by atoms with Gasteiger partial charge in [0, 0.05) is 29.9 Å². The van der Waals surface area contributed by atoms with E-state index in [1.165, 1.54) is 27.1 Å². The molecule has 1 aliphatic heterocycles. The van der Waals surface area contributed by atoms with Crippen molar-refractivity contribution in [3.63, 3.8) is 0 Å². The number of aromatic nitrogens is 1. The number of oxazole rings is 1. The fraction of sp³-hybridized carbons (Fsp3) is 0.364. The molecule has 0 saturated carbocycles. The van der Waals surface area contributed by atoms with Gasteiger partial charge in [0.2, 0.25) is 15.9 Å². The Kier molecular flexibility index (Phi) is 6.15. The van der Waals surface area contributed by atoms with Gasteiger partial charge in [0.25, 0.3) is 0 Å². The summed E-state index contributed by atoms with van der Waals surface area (Å²) in [4.78, 5) is 24.8. The molecule has 32 heavy (non-hydrogen) atoms. The second kappa shape index (κ2) is 8.73. The predicted molar refractivity (Wildman–Crippen MR) is 122 cm³/mol. The predicted octanol–water partition coefficient (Wildman–Crippen LogP) is 3.55. The largest absolute Gasteiger partial charge is 0.420 e. The number of nitrogens with zero attached hydrogens (tertiary/aromatic N) is 2. The van der Waals surface area contributed by atoms with Crippen LogP contribution < -0.4 is 11.1 Å². The zero-order valence-corrected chi connectivity index (χ0v) is 19.3. The molecule has 1 aliphatic rings. The molecule has 1 amide bonds. The van der Waals surface area contributed by atoms with E-state index in [9.17, 15) is 18.0 Å². The van der Waals surface area contributed by atoms with Crippen LogP contribution in [-0.2, 0) is 21.4 Å². The van der Waals surface area contributed by atoms with E-state index in [1.54, 1.807) is 24.3 Å². The van der Waals surface area contributed by atoms with Gasteiger partial charge in [0.1, 0.15) is 6.54 Å². The van der Waals surface area contributed by atoms with Crippen molar-refractivity contribution in [2.45, 2.75) is 31.7 Å². The Morgan fingerprint density at radius 3 is 2.44 bits per heavy atom. The van der Waals surface area contributed by atoms with Gasteiger partial charge in [-0.05, 0) is 54.7 Å². The molecule has 2 heterocycles. The standard InChI is InChI=1S/C22H24ClN3O5S/c1-14-9-15(2)12-25(11-14)32(29,30)18-7-8-19-20(10-18)31-22(28)26(19)13-21(27)24-17-5-3-16(23)4-6-17/h3-8,10,14-15H,9,11-13H2,1-2H3,(H,24,27). The van der Waals surface area contributed by atoms with Gasteiger partial charge in [-0.15, -0.1) is 0 Å². The Morgan fingerprint density at radius 1 is 1.12 bits per heavy atom. The lowest BCUT2D eigenvalue weighted by molar-refractivity contribution is -0.116. The van der Waals surface area contributed by atoms with Crippen LogP contribution in [0.5, 0.6) is 0 Å². The third-order valence-corrected chi connectivity index (χ3v) is 7.62. The lowest BCUT2D eigenvalue weighted by atomic mass is 9.94. The van der Waals surface area contributed by atoms with Gasteiger partial charge in [0.05, 0.1) is 10.4 Å². The molecule has 0 spiro atoms. The molecule has 1 N–H and O–H groups in total. The molecule has 1 aromatic heterocycles. The zero-order chi connectivity index (χ0) is 23.0. The highest BCUT2D eigenvalue weighted by Crippen LogP contribution is 2.28. The number of hydrogen-bond donors (Lipinski definition) is 1. The van der Waals surface area contributed by atoms with Crippen molar-refractivity contribution in [3.8, 4) is 0 Å². The van der Waals surface area contributed by atoms with E-state index in [2.05, 4.69) is 5.32 Å². The summed E-state index contributed by atoms with van der Waals surface area (Å²) in [5.74, 6) is -0.614. The van der Waals surface area contributed by atoms with Crippen LogP contribution in [0.1, 0.15) is 20.3 Å². The van der Waals surface area contributed by atoms with Gasteiger partial charge in [-0.25, -0.2) is 13.2 Å². The van der Waals surface area contributed by atoms with Crippen molar-refractivity contribution in [3.05, 3.63) is 58.0 Å². The molecular weight excluding hydrogens is 454 g/mol. The molecule has 0 radical (unpaired) electrons. The molecule has 2 aromatic carbocycles. The maximum absolute atomic E-state index is 13.1. The van der Waals surface area contributed by atoms with Crippen molar-refractivity contribution in [1.82, 2.24) is 8.87 Å². The van der Waals surface area contributed by atoms with Gasteiger partial charge in [-0.2, -0.15) is 4.31 Å². The van der Waals surface area contributed by atoms with Crippen LogP contribution in [0.3, 0.4) is 0 Å². The molecule has 1 saturated heterocycles. The van der Waals surface area contributed by atoms with Gasteiger partial charge < -0.3 is 9.73 Å². The van der Waals surface area contributed by atoms with Crippen molar-refractivity contribution in [2.75, 3.05) is 18.4 Å². The molecule has 2 atom stereocenters. The third kappa shape index (κ3) is 4.60. The highest BCUT2D eigenvalue weighted by atomic mass is 35.5. The number of nitrogens with one attached hydrogen (secondary N) is 1. The SMILES string of the molecule is CC1CC(C)CN(S(=O)(=O)c2ccc3c(c2)oc(=O)n3CC(=O)Nc2ccc(Cl)cc2)C1. The Bertz CT molecular complexity index is 1300. The highest BCUT2D eigenvalue weighted by molar-refractivity contribution is 7.89. The highest BCUT2D eigenvalue weighted by Gasteiger charge is 2.32.